The summed E-state index contributed by atoms with van der Waals surface area (Å²) in [6, 6.07) is 0. The molecule has 2 heteroatoms. The molecule has 0 aromatic carbocycles. The standard InChI is InChI=1S/C11H22O2/c1-4-6-7-8-9-11(12)13-10(3)5-2/h10H,4-9H2,1-3H3. The van der Waals surface area contributed by atoms with Crippen LogP contribution in [0, 0.1) is 0 Å². The lowest BCUT2D eigenvalue weighted by Gasteiger charge is -2.10. The van der Waals surface area contributed by atoms with Crippen LogP contribution in [0.25, 0.3) is 0 Å². The third kappa shape index (κ3) is 7.82. The number of ether oxygens (including phenoxy) is 1. The second kappa shape index (κ2) is 8.09. The number of carbonyl (C=O) groups is 1. The first-order chi connectivity index (χ1) is 6.20. The van der Waals surface area contributed by atoms with E-state index in [1.54, 1.807) is 0 Å². The highest BCUT2D eigenvalue weighted by molar-refractivity contribution is 5.69. The van der Waals surface area contributed by atoms with Crippen LogP contribution in [0.4, 0.5) is 0 Å². The van der Waals surface area contributed by atoms with Gasteiger partial charge >= 0.3 is 5.97 Å². The van der Waals surface area contributed by atoms with Gasteiger partial charge in [-0.3, -0.25) is 4.79 Å². The molecule has 0 rings (SSSR count). The van der Waals surface area contributed by atoms with Gasteiger partial charge in [0.05, 0.1) is 6.10 Å². The van der Waals surface area contributed by atoms with Crippen molar-refractivity contribution in [3.05, 3.63) is 0 Å². The van der Waals surface area contributed by atoms with E-state index < -0.39 is 0 Å². The first kappa shape index (κ1) is 12.5. The lowest BCUT2D eigenvalue weighted by atomic mass is 10.1. The average Bonchev–Trinajstić information content (AvgIpc) is 2.12. The van der Waals surface area contributed by atoms with Gasteiger partial charge < -0.3 is 4.74 Å². The number of carbonyl (C=O) groups excluding carboxylic acids is 1. The molecule has 78 valence electrons. The maximum Gasteiger partial charge on any atom is 0.306 e. The lowest BCUT2D eigenvalue weighted by Crippen LogP contribution is -2.13. The van der Waals surface area contributed by atoms with Crippen LogP contribution in [0.15, 0.2) is 0 Å². The number of rotatable bonds is 7. The largest absolute Gasteiger partial charge is 0.463 e. The molecule has 0 aromatic rings. The second-order valence-corrected chi connectivity index (χ2v) is 3.52. The molecule has 0 bridgehead atoms. The van der Waals surface area contributed by atoms with Crippen LogP contribution in [0.5, 0.6) is 0 Å². The van der Waals surface area contributed by atoms with E-state index in [-0.39, 0.29) is 12.1 Å². The lowest BCUT2D eigenvalue weighted by molar-refractivity contribution is -0.148. The minimum Gasteiger partial charge on any atom is -0.463 e. The Kier molecular flexibility index (Phi) is 7.76. The molecule has 0 spiro atoms. The van der Waals surface area contributed by atoms with Gasteiger partial charge in [-0.25, -0.2) is 0 Å². The SMILES string of the molecule is CCCCCCC(=O)OC(C)CC. The molecule has 1 atom stereocenters. The Labute approximate surface area is 81.7 Å². The monoisotopic (exact) mass is 186 g/mol. The van der Waals surface area contributed by atoms with Gasteiger partial charge in [0, 0.05) is 6.42 Å². The van der Waals surface area contributed by atoms with Gasteiger partial charge in [0.15, 0.2) is 0 Å². The van der Waals surface area contributed by atoms with Crippen LogP contribution >= 0.6 is 0 Å². The Morgan fingerprint density at radius 2 is 1.92 bits per heavy atom. The third-order valence-corrected chi connectivity index (χ3v) is 2.14. The predicted octanol–water partition coefficient (Wildman–Crippen LogP) is 3.30. The van der Waals surface area contributed by atoms with Gasteiger partial charge in [0.25, 0.3) is 0 Å². The summed E-state index contributed by atoms with van der Waals surface area (Å²) >= 11 is 0. The molecule has 0 N–H and O–H groups in total. The molecule has 0 aliphatic carbocycles. The minimum atomic E-state index is -0.0366. The highest BCUT2D eigenvalue weighted by atomic mass is 16.5. The van der Waals surface area contributed by atoms with Gasteiger partial charge in [-0.1, -0.05) is 33.1 Å². The van der Waals surface area contributed by atoms with Crippen LogP contribution in [0.1, 0.15) is 59.3 Å². The van der Waals surface area contributed by atoms with Gasteiger partial charge in [-0.2, -0.15) is 0 Å². The number of hydrogen-bond donors (Lipinski definition) is 0. The van der Waals surface area contributed by atoms with Crippen molar-refractivity contribution >= 4 is 5.97 Å². The zero-order chi connectivity index (χ0) is 10.1. The fourth-order valence-corrected chi connectivity index (χ4v) is 1.06. The van der Waals surface area contributed by atoms with E-state index in [0.717, 1.165) is 19.3 Å². The Morgan fingerprint density at radius 1 is 1.23 bits per heavy atom. The summed E-state index contributed by atoms with van der Waals surface area (Å²) in [5, 5.41) is 0. The normalized spacial score (nSPS) is 12.5. The van der Waals surface area contributed by atoms with E-state index >= 15 is 0 Å². The molecule has 0 saturated carbocycles. The average molecular weight is 186 g/mol. The Morgan fingerprint density at radius 3 is 2.46 bits per heavy atom. The molecule has 2 nitrogen and oxygen atoms in total. The smallest absolute Gasteiger partial charge is 0.306 e. The molecular weight excluding hydrogens is 164 g/mol. The van der Waals surface area contributed by atoms with Crippen molar-refractivity contribution in [2.75, 3.05) is 0 Å². The predicted molar refractivity (Wildman–Crippen MR) is 54.6 cm³/mol. The first-order valence-corrected chi connectivity index (χ1v) is 5.40. The van der Waals surface area contributed by atoms with E-state index in [9.17, 15) is 4.79 Å². The van der Waals surface area contributed by atoms with E-state index in [4.69, 9.17) is 4.74 Å². The van der Waals surface area contributed by atoms with Crippen molar-refractivity contribution < 1.29 is 9.53 Å². The van der Waals surface area contributed by atoms with Crippen LogP contribution in [-0.2, 0) is 9.53 Å². The van der Waals surface area contributed by atoms with Crippen molar-refractivity contribution in [3.63, 3.8) is 0 Å². The van der Waals surface area contributed by atoms with Gasteiger partial charge in [0.1, 0.15) is 0 Å². The van der Waals surface area contributed by atoms with Crippen molar-refractivity contribution in [2.24, 2.45) is 0 Å². The highest BCUT2D eigenvalue weighted by Crippen LogP contribution is 2.05. The topological polar surface area (TPSA) is 26.3 Å². The number of hydrogen-bond acceptors (Lipinski definition) is 2. The maximum absolute atomic E-state index is 11.2. The molecule has 0 fully saturated rings. The van der Waals surface area contributed by atoms with Crippen molar-refractivity contribution in [1.82, 2.24) is 0 Å². The zero-order valence-electron chi connectivity index (χ0n) is 9.14. The number of unbranched alkanes of at least 4 members (excludes halogenated alkanes) is 3. The highest BCUT2D eigenvalue weighted by Gasteiger charge is 2.06. The number of esters is 1. The third-order valence-electron chi connectivity index (χ3n) is 2.14. The zero-order valence-corrected chi connectivity index (χ0v) is 9.14. The fraction of sp³-hybridized carbons (Fsp3) is 0.909. The van der Waals surface area contributed by atoms with E-state index in [1.807, 2.05) is 13.8 Å². The second-order valence-electron chi connectivity index (χ2n) is 3.52. The molecule has 0 heterocycles. The van der Waals surface area contributed by atoms with Crippen LogP contribution < -0.4 is 0 Å². The molecule has 0 aliphatic rings. The maximum atomic E-state index is 11.2. The molecule has 0 aromatic heterocycles. The van der Waals surface area contributed by atoms with Crippen LogP contribution in [0.3, 0.4) is 0 Å². The molecule has 0 radical (unpaired) electrons. The Balaban J connectivity index is 3.30. The summed E-state index contributed by atoms with van der Waals surface area (Å²) in [4.78, 5) is 11.2. The van der Waals surface area contributed by atoms with E-state index in [1.165, 1.54) is 12.8 Å². The molecule has 1 unspecified atom stereocenters. The summed E-state index contributed by atoms with van der Waals surface area (Å²) in [6.07, 6.45) is 6.12. The van der Waals surface area contributed by atoms with E-state index in [0.29, 0.717) is 6.42 Å². The summed E-state index contributed by atoms with van der Waals surface area (Å²) in [6.45, 7) is 6.12. The molecule has 0 saturated heterocycles. The van der Waals surface area contributed by atoms with Crippen molar-refractivity contribution in [3.8, 4) is 0 Å². The van der Waals surface area contributed by atoms with Gasteiger partial charge in [-0.15, -0.1) is 0 Å². The fourth-order valence-electron chi connectivity index (χ4n) is 1.06. The Hall–Kier alpha value is -0.530. The molecular formula is C11H22O2. The summed E-state index contributed by atoms with van der Waals surface area (Å²) in [5.74, 6) is -0.0366. The van der Waals surface area contributed by atoms with Gasteiger partial charge in [-0.05, 0) is 19.8 Å². The first-order valence-electron chi connectivity index (χ1n) is 5.40. The quantitative estimate of drug-likeness (QED) is 0.450. The van der Waals surface area contributed by atoms with Gasteiger partial charge in [0.2, 0.25) is 0 Å². The van der Waals surface area contributed by atoms with Crippen LogP contribution in [0.2, 0.25) is 0 Å². The van der Waals surface area contributed by atoms with E-state index in [2.05, 4.69) is 6.92 Å². The van der Waals surface area contributed by atoms with Crippen molar-refractivity contribution in [2.45, 2.75) is 65.4 Å². The Bertz CT molecular complexity index is 132. The van der Waals surface area contributed by atoms with Crippen molar-refractivity contribution in [1.29, 1.82) is 0 Å². The summed E-state index contributed by atoms with van der Waals surface area (Å²) < 4.78 is 5.14. The minimum absolute atomic E-state index is 0.0366. The van der Waals surface area contributed by atoms with Crippen LogP contribution in [-0.4, -0.2) is 12.1 Å². The summed E-state index contributed by atoms with van der Waals surface area (Å²) in [7, 11) is 0. The summed E-state index contributed by atoms with van der Waals surface area (Å²) in [5.41, 5.74) is 0. The molecule has 13 heavy (non-hydrogen) atoms. The molecule has 0 aliphatic heterocycles. The molecule has 0 amide bonds.